The van der Waals surface area contributed by atoms with Gasteiger partial charge in [-0.2, -0.15) is 0 Å². The molecule has 17 heavy (non-hydrogen) atoms. The van der Waals surface area contributed by atoms with Gasteiger partial charge in [0.15, 0.2) is 0 Å². The van der Waals surface area contributed by atoms with E-state index in [2.05, 4.69) is 68.6 Å². The summed E-state index contributed by atoms with van der Waals surface area (Å²) in [6.07, 6.45) is 3.12. The second-order valence-electron chi connectivity index (χ2n) is 4.51. The maximum absolute atomic E-state index is 4.04. The van der Waals surface area contributed by atoms with E-state index in [0.717, 1.165) is 12.0 Å². The molecule has 0 bridgehead atoms. The van der Waals surface area contributed by atoms with Gasteiger partial charge in [0, 0.05) is 18.9 Å². The molecule has 1 aromatic carbocycles. The van der Waals surface area contributed by atoms with Crippen molar-refractivity contribution in [2.45, 2.75) is 20.3 Å². The van der Waals surface area contributed by atoms with E-state index in [1.165, 1.54) is 22.4 Å². The van der Waals surface area contributed by atoms with E-state index in [1.54, 1.807) is 0 Å². The molecule has 0 unspecified atom stereocenters. The van der Waals surface area contributed by atoms with E-state index < -0.39 is 0 Å². The van der Waals surface area contributed by atoms with Crippen LogP contribution in [0.4, 0.5) is 0 Å². The summed E-state index contributed by atoms with van der Waals surface area (Å²) in [4.78, 5) is 0. The normalized spacial score (nSPS) is 10.5. The van der Waals surface area contributed by atoms with E-state index >= 15 is 0 Å². The zero-order valence-corrected chi connectivity index (χ0v) is 10.8. The zero-order valence-electron chi connectivity index (χ0n) is 10.8. The first-order valence-electron chi connectivity index (χ1n) is 6.04. The Morgan fingerprint density at radius 3 is 2.59 bits per heavy atom. The smallest absolute Gasteiger partial charge is 0.0477 e. The van der Waals surface area contributed by atoms with Gasteiger partial charge in [-0.25, -0.2) is 0 Å². The van der Waals surface area contributed by atoms with Crippen molar-refractivity contribution in [2.24, 2.45) is 7.05 Å². The van der Waals surface area contributed by atoms with Crippen LogP contribution >= 0.6 is 0 Å². The lowest BCUT2D eigenvalue weighted by Crippen LogP contribution is -1.94. The fraction of sp³-hybridized carbons (Fsp3) is 0.250. The molecule has 0 spiro atoms. The van der Waals surface area contributed by atoms with Crippen LogP contribution in [-0.2, 0) is 13.5 Å². The summed E-state index contributed by atoms with van der Waals surface area (Å²) in [6.45, 7) is 8.30. The van der Waals surface area contributed by atoms with Gasteiger partial charge in [0.1, 0.15) is 0 Å². The van der Waals surface area contributed by atoms with Gasteiger partial charge in [0.25, 0.3) is 0 Å². The molecule has 88 valence electrons. The largest absolute Gasteiger partial charge is 0.351 e. The van der Waals surface area contributed by atoms with Gasteiger partial charge in [0.05, 0.1) is 0 Å². The standard InChI is InChI=1S/C16H19N/c1-5-13-11-14(8-9-15(13)12(2)3)16-7-6-10-17(16)4/h6-11H,2,5H2,1,3-4H3. The Hall–Kier alpha value is -1.76. The molecule has 0 fully saturated rings. The Balaban J connectivity index is 2.52. The van der Waals surface area contributed by atoms with Crippen LogP contribution in [0.15, 0.2) is 43.1 Å². The maximum Gasteiger partial charge on any atom is 0.0477 e. The van der Waals surface area contributed by atoms with Crippen LogP contribution in [-0.4, -0.2) is 4.57 Å². The van der Waals surface area contributed by atoms with E-state index in [9.17, 15) is 0 Å². The average Bonchev–Trinajstić information content (AvgIpc) is 2.74. The molecule has 2 aromatic rings. The number of benzene rings is 1. The Morgan fingerprint density at radius 2 is 2.06 bits per heavy atom. The minimum atomic E-state index is 1.04. The van der Waals surface area contributed by atoms with Crippen LogP contribution in [0.1, 0.15) is 25.0 Å². The van der Waals surface area contributed by atoms with Crippen LogP contribution in [0.2, 0.25) is 0 Å². The number of aryl methyl sites for hydroxylation is 2. The molecule has 1 heteroatoms. The SMILES string of the molecule is C=C(C)c1ccc(-c2cccn2C)cc1CC. The minimum absolute atomic E-state index is 1.04. The molecule has 0 saturated carbocycles. The Bertz CT molecular complexity index is 546. The van der Waals surface area contributed by atoms with Crippen LogP contribution in [0.3, 0.4) is 0 Å². The van der Waals surface area contributed by atoms with Crippen molar-refractivity contribution in [3.8, 4) is 11.3 Å². The van der Waals surface area contributed by atoms with Crippen LogP contribution in [0.25, 0.3) is 16.8 Å². The molecule has 0 aliphatic carbocycles. The highest BCUT2D eigenvalue weighted by molar-refractivity contribution is 5.70. The third-order valence-corrected chi connectivity index (χ3v) is 3.19. The second kappa shape index (κ2) is 4.62. The Morgan fingerprint density at radius 1 is 1.29 bits per heavy atom. The zero-order chi connectivity index (χ0) is 12.4. The fourth-order valence-corrected chi connectivity index (χ4v) is 2.22. The predicted octanol–water partition coefficient (Wildman–Crippen LogP) is 4.29. The van der Waals surface area contributed by atoms with Crippen molar-refractivity contribution >= 4 is 5.57 Å². The summed E-state index contributed by atoms with van der Waals surface area (Å²) in [5.41, 5.74) is 6.33. The van der Waals surface area contributed by atoms with Gasteiger partial charge in [0.2, 0.25) is 0 Å². The van der Waals surface area contributed by atoms with Crippen LogP contribution in [0, 0.1) is 0 Å². The summed E-state index contributed by atoms with van der Waals surface area (Å²) in [5.74, 6) is 0. The van der Waals surface area contributed by atoms with Crippen molar-refractivity contribution in [1.29, 1.82) is 0 Å². The molecule has 0 radical (unpaired) electrons. The molecule has 0 amide bonds. The summed E-state index contributed by atoms with van der Waals surface area (Å²) in [7, 11) is 2.08. The monoisotopic (exact) mass is 225 g/mol. The predicted molar refractivity (Wildman–Crippen MR) is 74.9 cm³/mol. The van der Waals surface area contributed by atoms with Crippen molar-refractivity contribution < 1.29 is 0 Å². The number of hydrogen-bond donors (Lipinski definition) is 0. The molecule has 0 saturated heterocycles. The van der Waals surface area contributed by atoms with Gasteiger partial charge in [-0.15, -0.1) is 0 Å². The molecule has 0 aliphatic heterocycles. The highest BCUT2D eigenvalue weighted by Crippen LogP contribution is 2.26. The Kier molecular flexibility index (Phi) is 3.19. The van der Waals surface area contributed by atoms with Gasteiger partial charge in [-0.3, -0.25) is 0 Å². The van der Waals surface area contributed by atoms with E-state index in [4.69, 9.17) is 0 Å². The topological polar surface area (TPSA) is 4.93 Å². The van der Waals surface area contributed by atoms with E-state index in [0.29, 0.717) is 0 Å². The van der Waals surface area contributed by atoms with Crippen LogP contribution in [0.5, 0.6) is 0 Å². The minimum Gasteiger partial charge on any atom is -0.351 e. The first-order chi connectivity index (χ1) is 8.13. The molecule has 0 N–H and O–H groups in total. The third kappa shape index (κ3) is 2.19. The maximum atomic E-state index is 4.04. The Labute approximate surface area is 103 Å². The highest BCUT2D eigenvalue weighted by Gasteiger charge is 2.06. The van der Waals surface area contributed by atoms with Gasteiger partial charge >= 0.3 is 0 Å². The van der Waals surface area contributed by atoms with Crippen molar-refractivity contribution in [1.82, 2.24) is 4.57 Å². The molecular weight excluding hydrogens is 206 g/mol. The molecule has 0 aliphatic rings. The molecule has 0 atom stereocenters. The van der Waals surface area contributed by atoms with Gasteiger partial charge < -0.3 is 4.57 Å². The quantitative estimate of drug-likeness (QED) is 0.734. The molecule has 2 rings (SSSR count). The second-order valence-corrected chi connectivity index (χ2v) is 4.51. The molecule has 1 heterocycles. The lowest BCUT2D eigenvalue weighted by Gasteiger charge is -2.11. The summed E-state index contributed by atoms with van der Waals surface area (Å²) < 4.78 is 2.15. The third-order valence-electron chi connectivity index (χ3n) is 3.19. The number of rotatable bonds is 3. The van der Waals surface area contributed by atoms with Crippen molar-refractivity contribution in [3.63, 3.8) is 0 Å². The van der Waals surface area contributed by atoms with E-state index in [1.807, 2.05) is 0 Å². The van der Waals surface area contributed by atoms with Gasteiger partial charge in [-0.05, 0) is 48.2 Å². The summed E-state index contributed by atoms with van der Waals surface area (Å²) in [6, 6.07) is 10.9. The fourth-order valence-electron chi connectivity index (χ4n) is 2.22. The molecule has 1 nitrogen and oxygen atoms in total. The summed E-state index contributed by atoms with van der Waals surface area (Å²) in [5, 5.41) is 0. The molecule has 1 aromatic heterocycles. The number of allylic oxidation sites excluding steroid dienone is 1. The summed E-state index contributed by atoms with van der Waals surface area (Å²) >= 11 is 0. The first-order valence-corrected chi connectivity index (χ1v) is 6.04. The number of nitrogens with zero attached hydrogens (tertiary/aromatic N) is 1. The number of aromatic nitrogens is 1. The first kappa shape index (κ1) is 11.7. The lowest BCUT2D eigenvalue weighted by atomic mass is 9.96. The van der Waals surface area contributed by atoms with E-state index in [-0.39, 0.29) is 0 Å². The highest BCUT2D eigenvalue weighted by atomic mass is 14.9. The lowest BCUT2D eigenvalue weighted by molar-refractivity contribution is 0.936. The molecular formula is C16H19N. The number of hydrogen-bond acceptors (Lipinski definition) is 0. The van der Waals surface area contributed by atoms with Gasteiger partial charge in [-0.1, -0.05) is 31.2 Å². The van der Waals surface area contributed by atoms with Crippen LogP contribution < -0.4 is 0 Å². The van der Waals surface area contributed by atoms with Crippen molar-refractivity contribution in [2.75, 3.05) is 0 Å². The average molecular weight is 225 g/mol. The van der Waals surface area contributed by atoms with Crippen molar-refractivity contribution in [3.05, 3.63) is 54.2 Å².